The number of benzene rings is 10. The van der Waals surface area contributed by atoms with Gasteiger partial charge in [-0.3, -0.25) is 0 Å². The molecule has 0 aliphatic carbocycles. The Labute approximate surface area is 391 Å². The molecular weight excluding hydrogens is 831 g/mol. The van der Waals surface area contributed by atoms with Gasteiger partial charge in [-0.1, -0.05) is 140 Å². The molecular formula is C62H37N5O. The van der Waals surface area contributed by atoms with Crippen molar-refractivity contribution in [1.82, 2.24) is 9.13 Å². The maximum Gasteiger partial charge on any atom is 0.214 e. The van der Waals surface area contributed by atoms with E-state index in [0.717, 1.165) is 94.1 Å². The lowest BCUT2D eigenvalue weighted by molar-refractivity contribution is 0.673. The molecule has 6 heteroatoms. The summed E-state index contributed by atoms with van der Waals surface area (Å²) in [7, 11) is 0. The first-order valence-corrected chi connectivity index (χ1v) is 22.6. The highest BCUT2D eigenvalue weighted by molar-refractivity contribution is 6.24. The molecule has 0 aliphatic rings. The highest BCUT2D eigenvalue weighted by Crippen LogP contribution is 2.47. The van der Waals surface area contributed by atoms with Crippen molar-refractivity contribution in [2.24, 2.45) is 0 Å². The Morgan fingerprint density at radius 1 is 0.441 bits per heavy atom. The Morgan fingerprint density at radius 2 is 0.956 bits per heavy atom. The van der Waals surface area contributed by atoms with Gasteiger partial charge < -0.3 is 18.5 Å². The molecule has 316 valence electrons. The Bertz CT molecular complexity index is 4030. The second kappa shape index (κ2) is 15.5. The monoisotopic (exact) mass is 867 g/mol. The molecule has 13 rings (SSSR count). The van der Waals surface area contributed by atoms with Crippen LogP contribution in [-0.4, -0.2) is 9.13 Å². The molecule has 0 radical (unpaired) electrons. The number of furan rings is 1. The van der Waals surface area contributed by atoms with Gasteiger partial charge in [-0.2, -0.15) is 5.26 Å². The van der Waals surface area contributed by atoms with Crippen LogP contribution in [0.2, 0.25) is 0 Å². The normalized spacial score (nSPS) is 11.5. The number of rotatable bonds is 7. The Morgan fingerprint density at radius 3 is 1.56 bits per heavy atom. The lowest BCUT2D eigenvalue weighted by atomic mass is 10.0. The van der Waals surface area contributed by atoms with Gasteiger partial charge in [0.2, 0.25) is 5.69 Å². The lowest BCUT2D eigenvalue weighted by Gasteiger charge is -2.28. The Balaban J connectivity index is 1.04. The average molecular weight is 868 g/mol. The maximum atomic E-state index is 11.2. The van der Waals surface area contributed by atoms with Crippen LogP contribution in [-0.2, 0) is 0 Å². The van der Waals surface area contributed by atoms with Crippen LogP contribution >= 0.6 is 0 Å². The van der Waals surface area contributed by atoms with E-state index in [0.29, 0.717) is 22.6 Å². The van der Waals surface area contributed by atoms with Gasteiger partial charge in [0.05, 0.1) is 45.3 Å². The number of nitrogens with zero attached hydrogens (tertiary/aromatic N) is 5. The second-order valence-electron chi connectivity index (χ2n) is 17.1. The molecule has 68 heavy (non-hydrogen) atoms. The standard InChI is InChI=1S/C62H37N5O/c1-64-54-38-48(36-44(39-63)61(54)65(45-28-24-42(25-29-45)40-14-4-2-5-15-40)46-30-26-43(27-31-46)41-16-6-3-7-17-41)67-57-34-32-47(66-55-21-11-8-18-49(55)50-19-9-12-22-56(50)66)37-53(57)60-58(67)35-33-52-51-20-10-13-23-59(51)68-62(52)60/h2-38H. The Hall–Kier alpha value is -9.62. The molecule has 10 aromatic carbocycles. The molecule has 0 N–H and O–H groups in total. The Kier molecular flexibility index (Phi) is 8.86. The number of hydrogen-bond acceptors (Lipinski definition) is 3. The van der Waals surface area contributed by atoms with Crippen molar-refractivity contribution in [3.8, 4) is 39.7 Å². The molecule has 0 atom stereocenters. The fourth-order valence-electron chi connectivity index (χ4n) is 10.3. The zero-order valence-electron chi connectivity index (χ0n) is 36.5. The van der Waals surface area contributed by atoms with Crippen LogP contribution in [0.3, 0.4) is 0 Å². The van der Waals surface area contributed by atoms with E-state index in [2.05, 4.69) is 178 Å². The molecule has 0 amide bonds. The summed E-state index contributed by atoms with van der Waals surface area (Å²) in [5.74, 6) is 0. The minimum atomic E-state index is 0.347. The lowest BCUT2D eigenvalue weighted by Crippen LogP contribution is -2.12. The number of anilines is 3. The van der Waals surface area contributed by atoms with Crippen LogP contribution in [0.1, 0.15) is 5.56 Å². The minimum Gasteiger partial charge on any atom is -0.455 e. The second-order valence-corrected chi connectivity index (χ2v) is 17.1. The van der Waals surface area contributed by atoms with Gasteiger partial charge in [0.1, 0.15) is 17.2 Å². The number of fused-ring (bicyclic) bond motifs is 10. The summed E-state index contributed by atoms with van der Waals surface area (Å²) in [6, 6.07) is 79.7. The fourth-order valence-corrected chi connectivity index (χ4v) is 10.3. The van der Waals surface area contributed by atoms with Crippen LogP contribution in [0.5, 0.6) is 0 Å². The largest absolute Gasteiger partial charge is 0.455 e. The van der Waals surface area contributed by atoms with Gasteiger partial charge in [0, 0.05) is 49.7 Å². The minimum absolute atomic E-state index is 0.347. The molecule has 13 aromatic rings. The fraction of sp³-hybridized carbons (Fsp3) is 0. The van der Waals surface area contributed by atoms with E-state index in [9.17, 15) is 5.26 Å². The third kappa shape index (κ3) is 6.03. The zero-order valence-corrected chi connectivity index (χ0v) is 36.5. The summed E-state index contributed by atoms with van der Waals surface area (Å²) in [5.41, 5.74) is 14.6. The van der Waals surface area contributed by atoms with Crippen molar-refractivity contribution in [2.75, 3.05) is 4.90 Å². The third-order valence-electron chi connectivity index (χ3n) is 13.4. The first-order valence-electron chi connectivity index (χ1n) is 22.6. The molecule has 0 fully saturated rings. The summed E-state index contributed by atoms with van der Waals surface area (Å²) >= 11 is 0. The van der Waals surface area contributed by atoms with Gasteiger partial charge in [0.15, 0.2) is 0 Å². The maximum absolute atomic E-state index is 11.2. The van der Waals surface area contributed by atoms with Crippen LogP contribution in [0.15, 0.2) is 229 Å². The van der Waals surface area contributed by atoms with Crippen molar-refractivity contribution in [3.63, 3.8) is 0 Å². The van der Waals surface area contributed by atoms with Crippen molar-refractivity contribution >= 4 is 88.3 Å². The highest BCUT2D eigenvalue weighted by Gasteiger charge is 2.25. The number of hydrogen-bond donors (Lipinski definition) is 0. The number of para-hydroxylation sites is 3. The van der Waals surface area contributed by atoms with Crippen LogP contribution in [0.25, 0.3) is 104 Å². The first-order chi connectivity index (χ1) is 33.6. The van der Waals surface area contributed by atoms with E-state index in [-0.39, 0.29) is 0 Å². The molecule has 0 aliphatic heterocycles. The molecule has 0 bridgehead atoms. The summed E-state index contributed by atoms with van der Waals surface area (Å²) in [5, 5.41) is 17.6. The van der Waals surface area contributed by atoms with E-state index < -0.39 is 0 Å². The van der Waals surface area contributed by atoms with E-state index in [1.54, 1.807) is 0 Å². The summed E-state index contributed by atoms with van der Waals surface area (Å²) in [6.07, 6.45) is 0. The van der Waals surface area contributed by atoms with E-state index in [1.165, 1.54) is 10.8 Å². The first kappa shape index (κ1) is 38.8. The molecule has 0 saturated carbocycles. The number of nitriles is 1. The van der Waals surface area contributed by atoms with Gasteiger partial charge in [-0.25, -0.2) is 4.85 Å². The summed E-state index contributed by atoms with van der Waals surface area (Å²) < 4.78 is 11.3. The summed E-state index contributed by atoms with van der Waals surface area (Å²) in [6.45, 7) is 8.79. The van der Waals surface area contributed by atoms with Crippen molar-refractivity contribution in [3.05, 3.63) is 241 Å². The van der Waals surface area contributed by atoms with Crippen LogP contribution in [0, 0.1) is 17.9 Å². The third-order valence-corrected chi connectivity index (χ3v) is 13.4. The van der Waals surface area contributed by atoms with Gasteiger partial charge in [-0.15, -0.1) is 0 Å². The quantitative estimate of drug-likeness (QED) is 0.150. The predicted octanol–water partition coefficient (Wildman–Crippen LogP) is 17.0. The molecule has 0 spiro atoms. The average Bonchev–Trinajstić information content (AvgIpc) is 4.07. The molecule has 0 saturated heterocycles. The van der Waals surface area contributed by atoms with Crippen LogP contribution < -0.4 is 4.90 Å². The van der Waals surface area contributed by atoms with Crippen molar-refractivity contribution in [2.45, 2.75) is 0 Å². The van der Waals surface area contributed by atoms with Crippen molar-refractivity contribution < 1.29 is 4.42 Å². The van der Waals surface area contributed by atoms with Gasteiger partial charge in [-0.05, 0) is 107 Å². The van der Waals surface area contributed by atoms with E-state index in [1.807, 2.05) is 71.6 Å². The van der Waals surface area contributed by atoms with E-state index >= 15 is 0 Å². The topological polar surface area (TPSA) is 54.4 Å². The van der Waals surface area contributed by atoms with Gasteiger partial charge >= 0.3 is 0 Å². The van der Waals surface area contributed by atoms with E-state index in [4.69, 9.17) is 11.0 Å². The smallest absolute Gasteiger partial charge is 0.214 e. The van der Waals surface area contributed by atoms with Gasteiger partial charge in [0.25, 0.3) is 0 Å². The zero-order chi connectivity index (χ0) is 45.3. The molecule has 3 heterocycles. The summed E-state index contributed by atoms with van der Waals surface area (Å²) in [4.78, 5) is 6.26. The number of aromatic nitrogens is 2. The molecule has 3 aromatic heterocycles. The molecule has 6 nitrogen and oxygen atoms in total. The van der Waals surface area contributed by atoms with Crippen molar-refractivity contribution in [1.29, 1.82) is 5.26 Å². The molecule has 0 unspecified atom stereocenters. The predicted molar refractivity (Wildman–Crippen MR) is 279 cm³/mol. The highest BCUT2D eigenvalue weighted by atomic mass is 16.3. The van der Waals surface area contributed by atoms with Crippen LogP contribution in [0.4, 0.5) is 22.7 Å². The SMILES string of the molecule is [C-]#[N+]c1cc(-n2c3ccc(-n4c5ccccc5c5ccccc54)cc3c3c4oc5ccccc5c4ccc32)cc(C#N)c1N(c1ccc(-c2ccccc2)cc1)c1ccc(-c2ccccc2)cc1.